The summed E-state index contributed by atoms with van der Waals surface area (Å²) in [5, 5.41) is 5.76. The minimum Gasteiger partial charge on any atom is -0.352 e. The third-order valence-corrected chi connectivity index (χ3v) is 3.08. The van der Waals surface area contributed by atoms with Gasteiger partial charge in [-0.3, -0.25) is 4.79 Å². The summed E-state index contributed by atoms with van der Waals surface area (Å²) in [6, 6.07) is 5.86. The van der Waals surface area contributed by atoms with Crippen LogP contribution in [0.15, 0.2) is 36.7 Å². The Morgan fingerprint density at radius 2 is 1.83 bits per heavy atom. The molecule has 0 saturated heterocycles. The first-order valence-corrected chi connectivity index (χ1v) is 7.32. The van der Waals surface area contributed by atoms with Gasteiger partial charge in [0.1, 0.15) is 5.82 Å². The number of nitrogens with zero attached hydrogens (tertiary/aromatic N) is 3. The van der Waals surface area contributed by atoms with Crippen molar-refractivity contribution < 1.29 is 9.18 Å². The summed E-state index contributed by atoms with van der Waals surface area (Å²) in [6.07, 6.45) is 3.80. The average Bonchev–Trinajstić information content (AvgIpc) is 2.54. The van der Waals surface area contributed by atoms with Crippen LogP contribution in [0.25, 0.3) is 0 Å². The highest BCUT2D eigenvalue weighted by Gasteiger charge is 2.07. The summed E-state index contributed by atoms with van der Waals surface area (Å²) in [5.41, 5.74) is 1.08. The molecule has 0 unspecified atom stereocenters. The number of aromatic nitrogens is 2. The summed E-state index contributed by atoms with van der Waals surface area (Å²) < 4.78 is 12.8. The lowest BCUT2D eigenvalue weighted by atomic mass is 10.3. The van der Waals surface area contributed by atoms with Crippen LogP contribution < -0.4 is 10.6 Å². The summed E-state index contributed by atoms with van der Waals surface area (Å²) in [7, 11) is 3.98. The van der Waals surface area contributed by atoms with Crippen molar-refractivity contribution in [2.24, 2.45) is 0 Å². The number of amides is 1. The number of anilines is 2. The third-order valence-electron chi connectivity index (χ3n) is 3.08. The van der Waals surface area contributed by atoms with Gasteiger partial charge in [-0.1, -0.05) is 0 Å². The molecule has 2 N–H and O–H groups in total. The molecule has 0 bridgehead atoms. The Bertz CT molecular complexity index is 628. The van der Waals surface area contributed by atoms with Gasteiger partial charge in [0.15, 0.2) is 0 Å². The van der Waals surface area contributed by atoms with Crippen LogP contribution in [0.5, 0.6) is 0 Å². The molecule has 1 aromatic heterocycles. The molecule has 1 aromatic carbocycles. The summed E-state index contributed by atoms with van der Waals surface area (Å²) in [5.74, 6) is -0.157. The van der Waals surface area contributed by atoms with Gasteiger partial charge in [0.25, 0.3) is 5.91 Å². The van der Waals surface area contributed by atoms with Gasteiger partial charge in [0.05, 0.1) is 5.56 Å². The Morgan fingerprint density at radius 3 is 2.43 bits per heavy atom. The van der Waals surface area contributed by atoms with Crippen molar-refractivity contribution in [1.82, 2.24) is 20.2 Å². The van der Waals surface area contributed by atoms with E-state index < -0.39 is 0 Å². The Balaban J connectivity index is 1.86. The summed E-state index contributed by atoms with van der Waals surface area (Å²) in [4.78, 5) is 22.2. The quantitative estimate of drug-likeness (QED) is 0.765. The van der Waals surface area contributed by atoms with Gasteiger partial charge in [-0.15, -0.1) is 0 Å². The van der Waals surface area contributed by atoms with Gasteiger partial charge < -0.3 is 15.5 Å². The van der Waals surface area contributed by atoms with Crippen molar-refractivity contribution in [3.8, 4) is 0 Å². The molecular formula is C16H20FN5O. The van der Waals surface area contributed by atoms with Crippen molar-refractivity contribution in [3.05, 3.63) is 48.0 Å². The largest absolute Gasteiger partial charge is 0.352 e. The Kier molecular flexibility index (Phi) is 5.99. The van der Waals surface area contributed by atoms with E-state index in [-0.39, 0.29) is 11.7 Å². The molecule has 1 amide bonds. The molecule has 1 heterocycles. The Hall–Kier alpha value is -2.54. The highest BCUT2D eigenvalue weighted by molar-refractivity contribution is 5.93. The molecular weight excluding hydrogens is 297 g/mol. The predicted octanol–water partition coefficient (Wildman–Crippen LogP) is 2.04. The molecule has 0 aliphatic carbocycles. The Morgan fingerprint density at radius 1 is 1.17 bits per heavy atom. The maximum absolute atomic E-state index is 12.8. The fourth-order valence-electron chi connectivity index (χ4n) is 1.87. The van der Waals surface area contributed by atoms with Crippen LogP contribution >= 0.6 is 0 Å². The minimum atomic E-state index is -0.308. The maximum Gasteiger partial charge on any atom is 0.254 e. The van der Waals surface area contributed by atoms with Gasteiger partial charge in [-0.2, -0.15) is 0 Å². The maximum atomic E-state index is 12.8. The molecule has 122 valence electrons. The first-order chi connectivity index (χ1) is 11.0. The van der Waals surface area contributed by atoms with E-state index >= 15 is 0 Å². The van der Waals surface area contributed by atoms with Gasteiger partial charge >= 0.3 is 0 Å². The molecule has 2 rings (SSSR count). The summed E-state index contributed by atoms with van der Waals surface area (Å²) >= 11 is 0. The zero-order chi connectivity index (χ0) is 16.7. The molecule has 6 nitrogen and oxygen atoms in total. The number of nitrogens with one attached hydrogen (secondary N) is 2. The van der Waals surface area contributed by atoms with Crippen LogP contribution in [-0.2, 0) is 0 Å². The van der Waals surface area contributed by atoms with Gasteiger partial charge in [-0.05, 0) is 51.3 Å². The van der Waals surface area contributed by atoms with Crippen molar-refractivity contribution in [2.75, 3.05) is 32.5 Å². The fourth-order valence-corrected chi connectivity index (χ4v) is 1.87. The second-order valence-electron chi connectivity index (χ2n) is 5.34. The van der Waals surface area contributed by atoms with Crippen molar-refractivity contribution in [1.29, 1.82) is 0 Å². The molecule has 0 aliphatic rings. The summed E-state index contributed by atoms with van der Waals surface area (Å²) in [6.45, 7) is 1.52. The lowest BCUT2D eigenvalue weighted by molar-refractivity contribution is 0.0951. The topological polar surface area (TPSA) is 70.2 Å². The first kappa shape index (κ1) is 16.8. The molecule has 0 radical (unpaired) electrons. The van der Waals surface area contributed by atoms with Crippen LogP contribution in [0.4, 0.5) is 16.0 Å². The normalized spacial score (nSPS) is 10.6. The van der Waals surface area contributed by atoms with Crippen molar-refractivity contribution in [2.45, 2.75) is 6.42 Å². The number of benzene rings is 1. The minimum absolute atomic E-state index is 0.197. The molecule has 0 aliphatic heterocycles. The van der Waals surface area contributed by atoms with Gasteiger partial charge in [-0.25, -0.2) is 14.4 Å². The third kappa shape index (κ3) is 5.63. The smallest absolute Gasteiger partial charge is 0.254 e. The molecule has 0 atom stereocenters. The monoisotopic (exact) mass is 317 g/mol. The molecule has 7 heteroatoms. The number of hydrogen-bond donors (Lipinski definition) is 2. The number of carbonyl (C=O) groups is 1. The molecule has 2 aromatic rings. The van der Waals surface area contributed by atoms with E-state index in [1.54, 1.807) is 12.1 Å². The Labute approximate surface area is 134 Å². The molecule has 23 heavy (non-hydrogen) atoms. The van der Waals surface area contributed by atoms with E-state index in [1.165, 1.54) is 24.5 Å². The van der Waals surface area contributed by atoms with Crippen LogP contribution in [0, 0.1) is 5.82 Å². The van der Waals surface area contributed by atoms with Crippen LogP contribution in [0.3, 0.4) is 0 Å². The van der Waals surface area contributed by atoms with Crippen LogP contribution in [0.2, 0.25) is 0 Å². The van der Waals surface area contributed by atoms with E-state index in [9.17, 15) is 9.18 Å². The highest BCUT2D eigenvalue weighted by Crippen LogP contribution is 2.13. The van der Waals surface area contributed by atoms with Crippen molar-refractivity contribution in [3.63, 3.8) is 0 Å². The van der Waals surface area contributed by atoms with Gasteiger partial charge in [0.2, 0.25) is 5.95 Å². The number of rotatable bonds is 7. The fraction of sp³-hybridized carbons (Fsp3) is 0.312. The molecule has 0 fully saturated rings. The molecule has 0 spiro atoms. The highest BCUT2D eigenvalue weighted by atomic mass is 19.1. The van der Waals surface area contributed by atoms with E-state index in [1.807, 2.05) is 14.1 Å². The zero-order valence-electron chi connectivity index (χ0n) is 13.2. The second kappa shape index (κ2) is 8.19. The predicted molar refractivity (Wildman–Crippen MR) is 87.2 cm³/mol. The zero-order valence-corrected chi connectivity index (χ0v) is 13.2. The second-order valence-corrected chi connectivity index (χ2v) is 5.34. The standard InChI is InChI=1S/C16H20FN5O/c1-22(2)9-3-8-18-15(23)12-10-19-16(20-11-12)21-14-6-4-13(17)5-7-14/h4-7,10-11H,3,8-9H2,1-2H3,(H,18,23)(H,19,20,21). The van der Waals surface area contributed by atoms with Gasteiger partial charge in [0, 0.05) is 24.6 Å². The lowest BCUT2D eigenvalue weighted by Crippen LogP contribution is -2.27. The van der Waals surface area contributed by atoms with Crippen LogP contribution in [-0.4, -0.2) is 48.0 Å². The number of halogens is 1. The first-order valence-electron chi connectivity index (χ1n) is 7.32. The van der Waals surface area contributed by atoms with Crippen molar-refractivity contribution >= 4 is 17.5 Å². The van der Waals surface area contributed by atoms with Crippen LogP contribution in [0.1, 0.15) is 16.8 Å². The lowest BCUT2D eigenvalue weighted by Gasteiger charge is -2.10. The SMILES string of the molecule is CN(C)CCCNC(=O)c1cnc(Nc2ccc(F)cc2)nc1. The average molecular weight is 317 g/mol. The number of hydrogen-bond acceptors (Lipinski definition) is 5. The van der Waals surface area contributed by atoms with E-state index in [0.717, 1.165) is 13.0 Å². The van der Waals surface area contributed by atoms with E-state index in [2.05, 4.69) is 25.5 Å². The number of carbonyl (C=O) groups excluding carboxylic acids is 1. The molecule has 0 saturated carbocycles. The van der Waals surface area contributed by atoms with E-state index in [0.29, 0.717) is 23.7 Å². The van der Waals surface area contributed by atoms with E-state index in [4.69, 9.17) is 0 Å².